The van der Waals surface area contributed by atoms with Crippen molar-refractivity contribution in [2.24, 2.45) is 0 Å². The SMILES string of the molecule is CCCCCCC/C=C\C/C=C\C/C=C\CCCCCCCCCCC(=O)OC(CCC/C=C\C/C=C\CCCCCCC)CCCCCCCC(=O)NCC(=O)NC(CO)C(=O)O. The fraction of sp³-hybridized carbons (Fsp3) is 0.745. The molecule has 9 heteroatoms. The van der Waals surface area contributed by atoms with Crippen LogP contribution in [0.1, 0.15) is 239 Å². The highest BCUT2D eigenvalue weighted by molar-refractivity contribution is 5.87. The average Bonchev–Trinajstić information content (AvgIpc) is 3.28. The number of nitrogens with one attached hydrogen (secondary N) is 2. The van der Waals surface area contributed by atoms with Gasteiger partial charge in [-0.3, -0.25) is 14.4 Å². The van der Waals surface area contributed by atoms with Crippen molar-refractivity contribution < 1.29 is 34.1 Å². The largest absolute Gasteiger partial charge is 0.480 e. The molecule has 9 nitrogen and oxygen atoms in total. The van der Waals surface area contributed by atoms with Gasteiger partial charge >= 0.3 is 11.9 Å². The van der Waals surface area contributed by atoms with E-state index in [1.165, 1.54) is 122 Å². The first kappa shape index (κ1) is 60.5. The molecule has 0 aliphatic rings. The van der Waals surface area contributed by atoms with Crippen LogP contribution in [0.2, 0.25) is 0 Å². The summed E-state index contributed by atoms with van der Waals surface area (Å²) in [5.74, 6) is -2.33. The number of aliphatic hydroxyl groups is 1. The number of esters is 1. The van der Waals surface area contributed by atoms with Gasteiger partial charge in [-0.1, -0.05) is 184 Å². The van der Waals surface area contributed by atoms with E-state index < -0.39 is 24.5 Å². The first-order valence-corrected chi connectivity index (χ1v) is 26.2. The van der Waals surface area contributed by atoms with E-state index in [4.69, 9.17) is 14.9 Å². The van der Waals surface area contributed by atoms with Crippen molar-refractivity contribution in [3.63, 3.8) is 0 Å². The molecule has 2 unspecified atom stereocenters. The first-order chi connectivity index (χ1) is 31.3. The zero-order chi connectivity index (χ0) is 46.8. The van der Waals surface area contributed by atoms with Crippen molar-refractivity contribution in [1.29, 1.82) is 0 Å². The third kappa shape index (κ3) is 45.1. The van der Waals surface area contributed by atoms with Crippen LogP contribution in [0.3, 0.4) is 0 Å². The lowest BCUT2D eigenvalue weighted by Crippen LogP contribution is -2.47. The van der Waals surface area contributed by atoms with Gasteiger partial charge in [0, 0.05) is 12.8 Å². The zero-order valence-electron chi connectivity index (χ0n) is 41.0. The Kier molecular flexibility index (Phi) is 46.3. The molecule has 0 rings (SSSR count). The molecule has 0 spiro atoms. The van der Waals surface area contributed by atoms with E-state index in [-0.39, 0.29) is 30.9 Å². The van der Waals surface area contributed by atoms with Crippen LogP contribution in [0.25, 0.3) is 0 Å². The summed E-state index contributed by atoms with van der Waals surface area (Å²) in [6.07, 6.45) is 61.1. The van der Waals surface area contributed by atoms with Gasteiger partial charge in [-0.15, -0.1) is 0 Å². The molecule has 4 N–H and O–H groups in total. The summed E-state index contributed by atoms with van der Waals surface area (Å²) in [5.41, 5.74) is 0. The van der Waals surface area contributed by atoms with E-state index in [9.17, 15) is 19.2 Å². The molecule has 0 fully saturated rings. The maximum Gasteiger partial charge on any atom is 0.328 e. The molecule has 0 aliphatic carbocycles. The number of amides is 2. The van der Waals surface area contributed by atoms with Gasteiger partial charge in [-0.2, -0.15) is 0 Å². The summed E-state index contributed by atoms with van der Waals surface area (Å²) in [7, 11) is 0. The zero-order valence-corrected chi connectivity index (χ0v) is 41.0. The van der Waals surface area contributed by atoms with Crippen LogP contribution in [0, 0.1) is 0 Å². The molecule has 0 saturated heterocycles. The minimum absolute atomic E-state index is 0.0646. The van der Waals surface area contributed by atoms with Gasteiger partial charge in [0.25, 0.3) is 0 Å². The number of unbranched alkanes of at least 4 members (excludes halogenated alkanes) is 23. The van der Waals surface area contributed by atoms with Crippen LogP contribution in [-0.4, -0.2) is 59.3 Å². The highest BCUT2D eigenvalue weighted by Gasteiger charge is 2.19. The fourth-order valence-corrected chi connectivity index (χ4v) is 7.46. The smallest absolute Gasteiger partial charge is 0.328 e. The van der Waals surface area contributed by atoms with E-state index in [0.29, 0.717) is 12.8 Å². The van der Waals surface area contributed by atoms with Gasteiger partial charge in [-0.25, -0.2) is 4.79 Å². The molecule has 0 saturated carbocycles. The van der Waals surface area contributed by atoms with Crippen LogP contribution in [-0.2, 0) is 23.9 Å². The van der Waals surface area contributed by atoms with Crippen molar-refractivity contribution in [2.75, 3.05) is 13.2 Å². The molecular weight excluding hydrogens is 801 g/mol. The molecule has 64 heavy (non-hydrogen) atoms. The maximum atomic E-state index is 12.9. The Labute approximate surface area is 391 Å². The highest BCUT2D eigenvalue weighted by Crippen LogP contribution is 2.18. The number of aliphatic carboxylic acids is 1. The van der Waals surface area contributed by atoms with Gasteiger partial charge in [0.15, 0.2) is 0 Å². The van der Waals surface area contributed by atoms with E-state index in [1.807, 2.05) is 0 Å². The Hall–Kier alpha value is -3.46. The molecule has 368 valence electrons. The molecule has 0 bridgehead atoms. The normalized spacial score (nSPS) is 12.9. The van der Waals surface area contributed by atoms with Crippen LogP contribution in [0.4, 0.5) is 0 Å². The quantitative estimate of drug-likeness (QED) is 0.0271. The molecule has 0 aromatic carbocycles. The number of carboxylic acid groups (broad SMARTS) is 1. The fourth-order valence-electron chi connectivity index (χ4n) is 7.46. The summed E-state index contributed by atoms with van der Waals surface area (Å²) >= 11 is 0. The van der Waals surface area contributed by atoms with Crippen LogP contribution < -0.4 is 10.6 Å². The molecule has 2 amide bonds. The topological polar surface area (TPSA) is 142 Å². The summed E-state index contributed by atoms with van der Waals surface area (Å²) in [4.78, 5) is 47.8. The van der Waals surface area contributed by atoms with Crippen LogP contribution in [0.5, 0.6) is 0 Å². The molecule has 0 heterocycles. The number of rotatable bonds is 47. The second kappa shape index (κ2) is 49.0. The van der Waals surface area contributed by atoms with E-state index in [1.54, 1.807) is 0 Å². The van der Waals surface area contributed by atoms with Crippen molar-refractivity contribution in [3.8, 4) is 0 Å². The lowest BCUT2D eigenvalue weighted by Gasteiger charge is -2.18. The second-order valence-corrected chi connectivity index (χ2v) is 17.6. The van der Waals surface area contributed by atoms with Crippen molar-refractivity contribution in [1.82, 2.24) is 10.6 Å². The van der Waals surface area contributed by atoms with E-state index in [0.717, 1.165) is 83.5 Å². The predicted octanol–water partition coefficient (Wildman–Crippen LogP) is 14.1. The first-order valence-electron chi connectivity index (χ1n) is 26.2. The minimum Gasteiger partial charge on any atom is -0.480 e. The van der Waals surface area contributed by atoms with E-state index in [2.05, 4.69) is 85.2 Å². The number of carboxylic acids is 1. The number of ether oxygens (including phenoxy) is 1. The monoisotopic (exact) mass is 897 g/mol. The Morgan fingerprint density at radius 1 is 0.469 bits per heavy atom. The van der Waals surface area contributed by atoms with Crippen LogP contribution in [0.15, 0.2) is 60.8 Å². The molecule has 0 aliphatic heterocycles. The van der Waals surface area contributed by atoms with Gasteiger partial charge in [0.2, 0.25) is 11.8 Å². The molecule has 2 atom stereocenters. The summed E-state index contributed by atoms with van der Waals surface area (Å²) < 4.78 is 6.04. The third-order valence-electron chi connectivity index (χ3n) is 11.5. The number of hydrogen-bond donors (Lipinski definition) is 4. The Morgan fingerprint density at radius 3 is 1.33 bits per heavy atom. The second-order valence-electron chi connectivity index (χ2n) is 17.6. The molecular formula is C55H96N2O7. The lowest BCUT2D eigenvalue weighted by molar-refractivity contribution is -0.150. The van der Waals surface area contributed by atoms with Gasteiger partial charge in [-0.05, 0) is 103 Å². The number of carbonyl (C=O) groups excluding carboxylic acids is 3. The number of allylic oxidation sites excluding steroid dienone is 10. The van der Waals surface area contributed by atoms with Crippen LogP contribution >= 0.6 is 0 Å². The average molecular weight is 897 g/mol. The Balaban J connectivity index is 4.31. The number of aliphatic hydroxyl groups excluding tert-OH is 1. The molecule has 0 radical (unpaired) electrons. The summed E-state index contributed by atoms with van der Waals surface area (Å²) in [5, 5.41) is 22.6. The Bertz CT molecular complexity index is 1260. The standard InChI is InChI=1S/C55H96N2O7/c1-3-5-7-9-11-13-15-17-18-19-20-21-22-23-24-25-26-28-30-32-34-39-43-47-54(61)64-50(44-40-36-33-31-29-27-16-14-12-10-8-6-4-2)45-41-37-35-38-42-46-52(59)56-48-53(60)57-51(49-58)55(62)63/h15-17,19-20,22-23,27,31,33,50-51,58H,3-14,18,21,24-26,28-30,32,34-49H2,1-2H3,(H,56,59)(H,57,60)(H,62,63)/b17-15-,20-19-,23-22-,27-16-,33-31-. The van der Waals surface area contributed by atoms with E-state index >= 15 is 0 Å². The number of carbonyl (C=O) groups is 4. The predicted molar refractivity (Wildman–Crippen MR) is 268 cm³/mol. The molecule has 0 aromatic heterocycles. The maximum absolute atomic E-state index is 12.9. The van der Waals surface area contributed by atoms with Crippen molar-refractivity contribution >= 4 is 23.8 Å². The van der Waals surface area contributed by atoms with Gasteiger partial charge in [0.1, 0.15) is 12.1 Å². The Morgan fingerprint density at radius 2 is 0.859 bits per heavy atom. The minimum atomic E-state index is -1.39. The molecule has 0 aromatic rings. The van der Waals surface area contributed by atoms with Crippen molar-refractivity contribution in [2.45, 2.75) is 251 Å². The number of hydrogen-bond acceptors (Lipinski definition) is 6. The summed E-state index contributed by atoms with van der Waals surface area (Å²) in [6, 6.07) is -1.39. The third-order valence-corrected chi connectivity index (χ3v) is 11.5. The highest BCUT2D eigenvalue weighted by atomic mass is 16.5. The van der Waals surface area contributed by atoms with Crippen molar-refractivity contribution in [3.05, 3.63) is 60.8 Å². The van der Waals surface area contributed by atoms with Gasteiger partial charge in [0.05, 0.1) is 13.2 Å². The van der Waals surface area contributed by atoms with Gasteiger partial charge < -0.3 is 25.6 Å². The summed E-state index contributed by atoms with van der Waals surface area (Å²) in [6.45, 7) is 3.46. The lowest BCUT2D eigenvalue weighted by atomic mass is 10.0.